The Morgan fingerprint density at radius 1 is 1.12 bits per heavy atom. The van der Waals surface area contributed by atoms with E-state index < -0.39 is 10.0 Å². The van der Waals surface area contributed by atoms with Gasteiger partial charge < -0.3 is 10.2 Å². The molecule has 2 aromatic rings. The van der Waals surface area contributed by atoms with E-state index in [2.05, 4.69) is 5.32 Å². The predicted molar refractivity (Wildman–Crippen MR) is 119 cm³/mol. The minimum Gasteiger partial charge on any atom is -0.352 e. The van der Waals surface area contributed by atoms with Crippen molar-refractivity contribution in [1.82, 2.24) is 14.5 Å². The van der Waals surface area contributed by atoms with Gasteiger partial charge in [-0.2, -0.15) is 0 Å². The average Bonchev–Trinajstić information content (AvgIpc) is 2.79. The maximum absolute atomic E-state index is 13.1. The number of likely N-dealkylation sites (tertiary alicyclic amines) is 1. The van der Waals surface area contributed by atoms with E-state index >= 15 is 0 Å². The Bertz CT molecular complexity index is 1070. The molecule has 172 valence electrons. The molecule has 1 N–H and O–H groups in total. The van der Waals surface area contributed by atoms with Crippen LogP contribution in [0.2, 0.25) is 0 Å². The normalized spacial score (nSPS) is 16.8. The highest BCUT2D eigenvalue weighted by atomic mass is 32.2. The number of carbonyl (C=O) groups excluding carboxylic acids is 2. The van der Waals surface area contributed by atoms with Gasteiger partial charge in [-0.1, -0.05) is 30.3 Å². The van der Waals surface area contributed by atoms with Crippen molar-refractivity contribution in [2.75, 3.05) is 27.2 Å². The van der Waals surface area contributed by atoms with Gasteiger partial charge in [-0.15, -0.1) is 0 Å². The van der Waals surface area contributed by atoms with Crippen molar-refractivity contribution < 1.29 is 22.4 Å². The summed E-state index contributed by atoms with van der Waals surface area (Å²) in [5.74, 6) is -1.02. The highest BCUT2D eigenvalue weighted by Crippen LogP contribution is 2.20. The molecular weight excluding hydrogens is 433 g/mol. The standard InChI is InChI=1S/C23H28FN3O4S/c1-26(2)32(30,31)21-8-4-3-6-18(21)15-25-23(29)19-7-5-13-27(16-19)22(28)14-17-9-11-20(24)12-10-17/h3-4,6,8-12,19H,5,7,13-16H2,1-2H3,(H,25,29). The van der Waals surface area contributed by atoms with Crippen molar-refractivity contribution in [3.63, 3.8) is 0 Å². The van der Waals surface area contributed by atoms with Crippen molar-refractivity contribution in [3.05, 3.63) is 65.5 Å². The lowest BCUT2D eigenvalue weighted by Crippen LogP contribution is -2.45. The van der Waals surface area contributed by atoms with E-state index in [0.29, 0.717) is 31.5 Å². The van der Waals surface area contributed by atoms with E-state index in [-0.39, 0.29) is 41.4 Å². The molecule has 1 heterocycles. The summed E-state index contributed by atoms with van der Waals surface area (Å²) in [4.78, 5) is 27.3. The molecule has 1 unspecified atom stereocenters. The van der Waals surface area contributed by atoms with Crippen LogP contribution in [0.4, 0.5) is 4.39 Å². The molecular formula is C23H28FN3O4S. The van der Waals surface area contributed by atoms with Gasteiger partial charge in [0.25, 0.3) is 0 Å². The van der Waals surface area contributed by atoms with Gasteiger partial charge in [0.1, 0.15) is 5.82 Å². The van der Waals surface area contributed by atoms with Gasteiger partial charge in [-0.25, -0.2) is 17.1 Å². The molecule has 0 saturated carbocycles. The van der Waals surface area contributed by atoms with Crippen LogP contribution in [-0.2, 0) is 32.6 Å². The molecule has 0 bridgehead atoms. The third kappa shape index (κ3) is 5.72. The number of carbonyl (C=O) groups is 2. The number of benzene rings is 2. The highest BCUT2D eigenvalue weighted by molar-refractivity contribution is 7.89. The van der Waals surface area contributed by atoms with Gasteiger partial charge >= 0.3 is 0 Å². The van der Waals surface area contributed by atoms with Crippen LogP contribution in [0.25, 0.3) is 0 Å². The second kappa shape index (κ2) is 10.2. The lowest BCUT2D eigenvalue weighted by atomic mass is 9.96. The fourth-order valence-corrected chi connectivity index (χ4v) is 4.85. The van der Waals surface area contributed by atoms with Crippen LogP contribution in [0.3, 0.4) is 0 Å². The van der Waals surface area contributed by atoms with Crippen LogP contribution < -0.4 is 5.32 Å². The van der Waals surface area contributed by atoms with Crippen LogP contribution in [0.1, 0.15) is 24.0 Å². The number of nitrogens with zero attached hydrogens (tertiary/aromatic N) is 2. The Balaban J connectivity index is 1.60. The van der Waals surface area contributed by atoms with E-state index in [4.69, 9.17) is 0 Å². The highest BCUT2D eigenvalue weighted by Gasteiger charge is 2.29. The molecule has 0 aromatic heterocycles. The van der Waals surface area contributed by atoms with Crippen molar-refractivity contribution in [2.45, 2.75) is 30.7 Å². The topological polar surface area (TPSA) is 86.8 Å². The largest absolute Gasteiger partial charge is 0.352 e. The first-order valence-electron chi connectivity index (χ1n) is 10.5. The summed E-state index contributed by atoms with van der Waals surface area (Å²) in [5, 5.41) is 2.83. The second-order valence-corrected chi connectivity index (χ2v) is 10.2. The van der Waals surface area contributed by atoms with Crippen molar-refractivity contribution in [2.24, 2.45) is 5.92 Å². The van der Waals surface area contributed by atoms with Crippen LogP contribution in [-0.4, -0.2) is 56.6 Å². The van der Waals surface area contributed by atoms with E-state index in [0.717, 1.165) is 9.87 Å². The van der Waals surface area contributed by atoms with E-state index in [9.17, 15) is 22.4 Å². The molecule has 0 radical (unpaired) electrons. The Morgan fingerprint density at radius 3 is 2.50 bits per heavy atom. The third-order valence-electron chi connectivity index (χ3n) is 5.60. The maximum Gasteiger partial charge on any atom is 0.242 e. The number of nitrogens with one attached hydrogen (secondary N) is 1. The predicted octanol–water partition coefficient (Wildman–Crippen LogP) is 2.17. The van der Waals surface area contributed by atoms with Gasteiger partial charge in [0.05, 0.1) is 17.2 Å². The van der Waals surface area contributed by atoms with Crippen LogP contribution in [0, 0.1) is 11.7 Å². The van der Waals surface area contributed by atoms with Crippen molar-refractivity contribution >= 4 is 21.8 Å². The number of amides is 2. The summed E-state index contributed by atoms with van der Waals surface area (Å²) in [6, 6.07) is 12.4. The summed E-state index contributed by atoms with van der Waals surface area (Å²) < 4.78 is 39.3. The van der Waals surface area contributed by atoms with Crippen molar-refractivity contribution in [3.8, 4) is 0 Å². The maximum atomic E-state index is 13.1. The molecule has 1 aliphatic heterocycles. The van der Waals surface area contributed by atoms with Gasteiger partial charge in [-0.3, -0.25) is 9.59 Å². The zero-order chi connectivity index (χ0) is 23.3. The van der Waals surface area contributed by atoms with Gasteiger partial charge in [0, 0.05) is 33.7 Å². The quantitative estimate of drug-likeness (QED) is 0.685. The molecule has 7 nitrogen and oxygen atoms in total. The summed E-state index contributed by atoms with van der Waals surface area (Å²) in [6.45, 7) is 0.972. The van der Waals surface area contributed by atoms with Gasteiger partial charge in [0.2, 0.25) is 21.8 Å². The molecule has 2 amide bonds. The first-order valence-corrected chi connectivity index (χ1v) is 11.9. The molecule has 0 spiro atoms. The van der Waals surface area contributed by atoms with Gasteiger partial charge in [-0.05, 0) is 42.2 Å². The number of halogens is 1. The van der Waals surface area contributed by atoms with Crippen molar-refractivity contribution in [1.29, 1.82) is 0 Å². The Morgan fingerprint density at radius 2 is 1.81 bits per heavy atom. The lowest BCUT2D eigenvalue weighted by molar-refractivity contribution is -0.135. The number of rotatable bonds is 7. The summed E-state index contributed by atoms with van der Waals surface area (Å²) in [5.41, 5.74) is 1.23. The van der Waals surface area contributed by atoms with Crippen LogP contribution >= 0.6 is 0 Å². The summed E-state index contributed by atoms with van der Waals surface area (Å²) in [6.07, 6.45) is 1.52. The molecule has 1 fully saturated rings. The Kier molecular flexibility index (Phi) is 7.63. The molecule has 2 aromatic carbocycles. The zero-order valence-electron chi connectivity index (χ0n) is 18.3. The number of hydrogen-bond donors (Lipinski definition) is 1. The molecule has 32 heavy (non-hydrogen) atoms. The Labute approximate surface area is 188 Å². The minimum absolute atomic E-state index is 0.0854. The monoisotopic (exact) mass is 461 g/mol. The fourth-order valence-electron chi connectivity index (χ4n) is 3.73. The van der Waals surface area contributed by atoms with Gasteiger partial charge in [0.15, 0.2) is 0 Å². The minimum atomic E-state index is -3.63. The van der Waals surface area contributed by atoms with Crippen LogP contribution in [0.15, 0.2) is 53.4 Å². The van der Waals surface area contributed by atoms with E-state index in [1.54, 1.807) is 35.2 Å². The lowest BCUT2D eigenvalue weighted by Gasteiger charge is -2.32. The number of piperidine rings is 1. The number of hydrogen-bond acceptors (Lipinski definition) is 4. The second-order valence-electron chi connectivity index (χ2n) is 8.10. The number of sulfonamides is 1. The SMILES string of the molecule is CN(C)S(=O)(=O)c1ccccc1CNC(=O)C1CCCN(C(=O)Cc2ccc(F)cc2)C1. The smallest absolute Gasteiger partial charge is 0.242 e. The van der Waals surface area contributed by atoms with E-state index in [1.165, 1.54) is 32.3 Å². The summed E-state index contributed by atoms with van der Waals surface area (Å²) in [7, 11) is -0.702. The molecule has 1 atom stereocenters. The molecule has 0 aliphatic carbocycles. The van der Waals surface area contributed by atoms with Crippen LogP contribution in [0.5, 0.6) is 0 Å². The third-order valence-corrected chi connectivity index (χ3v) is 7.51. The zero-order valence-corrected chi connectivity index (χ0v) is 19.1. The fraction of sp³-hybridized carbons (Fsp3) is 0.391. The van der Waals surface area contributed by atoms with E-state index in [1.807, 2.05) is 0 Å². The molecule has 1 saturated heterocycles. The summed E-state index contributed by atoms with van der Waals surface area (Å²) >= 11 is 0. The first kappa shape index (κ1) is 23.9. The first-order chi connectivity index (χ1) is 15.2. The average molecular weight is 462 g/mol. The molecule has 9 heteroatoms. The Hall–Kier alpha value is -2.78. The molecule has 1 aliphatic rings. The molecule has 3 rings (SSSR count).